The van der Waals surface area contributed by atoms with Crippen molar-refractivity contribution >= 4 is 40.0 Å². The Morgan fingerprint density at radius 1 is 1.19 bits per heavy atom. The molecule has 1 aliphatic rings. The molecule has 0 saturated carbocycles. The lowest BCUT2D eigenvalue weighted by molar-refractivity contribution is -0.384. The van der Waals surface area contributed by atoms with Crippen LogP contribution in [0.5, 0.6) is 0 Å². The molecule has 12 heteroatoms. The van der Waals surface area contributed by atoms with Crippen LogP contribution in [0.4, 0.5) is 24.5 Å². The van der Waals surface area contributed by atoms with E-state index < -0.39 is 22.4 Å². The summed E-state index contributed by atoms with van der Waals surface area (Å²) in [4.78, 5) is 31.9. The Labute approximate surface area is 188 Å². The van der Waals surface area contributed by atoms with Crippen LogP contribution < -0.4 is 4.90 Å². The van der Waals surface area contributed by atoms with Crippen LogP contribution >= 0.6 is 22.7 Å². The standard InChI is InChI=1S/C20H17F3N4O3S2/c1-12-17(32-18(24-12)13-4-9-31-11-13)19(28)26-7-5-25(6-8-26)15-3-2-14(20(21,22)23)10-16(15)27(29)30/h2-4,9-11H,5-8H2,1H3. The lowest BCUT2D eigenvalue weighted by Crippen LogP contribution is -2.49. The smallest absolute Gasteiger partial charge is 0.362 e. The third-order valence-electron chi connectivity index (χ3n) is 5.17. The quantitative estimate of drug-likeness (QED) is 0.383. The number of hydrogen-bond acceptors (Lipinski definition) is 7. The summed E-state index contributed by atoms with van der Waals surface area (Å²) in [5, 5.41) is 16.0. The van der Waals surface area contributed by atoms with Crippen molar-refractivity contribution in [2.45, 2.75) is 13.1 Å². The van der Waals surface area contributed by atoms with Crippen LogP contribution in [0.2, 0.25) is 0 Å². The lowest BCUT2D eigenvalue weighted by atomic mass is 10.1. The van der Waals surface area contributed by atoms with Crippen molar-refractivity contribution in [1.29, 1.82) is 0 Å². The zero-order chi connectivity index (χ0) is 23.0. The van der Waals surface area contributed by atoms with Gasteiger partial charge in [0.15, 0.2) is 0 Å². The summed E-state index contributed by atoms with van der Waals surface area (Å²) in [6, 6.07) is 4.46. The molecule has 1 amide bonds. The van der Waals surface area contributed by atoms with Crippen molar-refractivity contribution in [3.05, 3.63) is 61.3 Å². The molecule has 1 saturated heterocycles. The number of thiophene rings is 1. The molecule has 0 atom stereocenters. The molecule has 3 heterocycles. The number of carbonyl (C=O) groups is 1. The maximum atomic E-state index is 13.0. The fourth-order valence-corrected chi connectivity index (χ4v) is 5.26. The molecular weight excluding hydrogens is 465 g/mol. The van der Waals surface area contributed by atoms with E-state index in [1.165, 1.54) is 11.3 Å². The lowest BCUT2D eigenvalue weighted by Gasteiger charge is -2.35. The highest BCUT2D eigenvalue weighted by molar-refractivity contribution is 7.17. The molecule has 0 unspecified atom stereocenters. The summed E-state index contributed by atoms with van der Waals surface area (Å²) in [5.41, 5.74) is 0.0505. The van der Waals surface area contributed by atoms with Crippen molar-refractivity contribution in [3.8, 4) is 10.6 Å². The monoisotopic (exact) mass is 482 g/mol. The second-order valence-corrected chi connectivity index (χ2v) is 8.96. The molecule has 1 aromatic carbocycles. The fraction of sp³-hybridized carbons (Fsp3) is 0.300. The molecule has 0 N–H and O–H groups in total. The van der Waals surface area contributed by atoms with Crippen molar-refractivity contribution in [3.63, 3.8) is 0 Å². The van der Waals surface area contributed by atoms with E-state index in [1.54, 1.807) is 28.1 Å². The Kier molecular flexibility index (Phi) is 5.91. The Hall–Kier alpha value is -2.99. The number of carbonyl (C=O) groups excluding carboxylic acids is 1. The topological polar surface area (TPSA) is 79.6 Å². The number of nitro benzene ring substituents is 1. The molecule has 0 bridgehead atoms. The number of piperazine rings is 1. The van der Waals surface area contributed by atoms with Gasteiger partial charge < -0.3 is 9.80 Å². The summed E-state index contributed by atoms with van der Waals surface area (Å²) in [6.45, 7) is 2.91. The Balaban J connectivity index is 1.49. The van der Waals surface area contributed by atoms with Gasteiger partial charge in [0, 0.05) is 43.2 Å². The van der Waals surface area contributed by atoms with Crippen LogP contribution in [-0.2, 0) is 6.18 Å². The van der Waals surface area contributed by atoms with Crippen LogP contribution in [0.25, 0.3) is 10.6 Å². The van der Waals surface area contributed by atoms with Gasteiger partial charge in [-0.25, -0.2) is 4.98 Å². The second kappa shape index (κ2) is 8.51. The maximum Gasteiger partial charge on any atom is 0.416 e. The minimum atomic E-state index is -4.66. The van der Waals surface area contributed by atoms with E-state index in [4.69, 9.17) is 0 Å². The van der Waals surface area contributed by atoms with Gasteiger partial charge in [0.05, 0.1) is 16.2 Å². The number of benzene rings is 1. The Morgan fingerprint density at radius 3 is 2.50 bits per heavy atom. The van der Waals surface area contributed by atoms with Crippen LogP contribution in [0.15, 0.2) is 35.0 Å². The van der Waals surface area contributed by atoms with Gasteiger partial charge in [0.1, 0.15) is 15.6 Å². The summed E-state index contributed by atoms with van der Waals surface area (Å²) < 4.78 is 38.8. The average Bonchev–Trinajstić information content (AvgIpc) is 3.42. The number of amides is 1. The highest BCUT2D eigenvalue weighted by Crippen LogP contribution is 2.37. The molecule has 7 nitrogen and oxygen atoms in total. The number of alkyl halides is 3. The SMILES string of the molecule is Cc1nc(-c2ccsc2)sc1C(=O)N1CCN(c2ccc(C(F)(F)F)cc2[N+](=O)[O-])CC1. The molecule has 168 valence electrons. The Bertz CT molecular complexity index is 1150. The van der Waals surface area contributed by atoms with Crippen LogP contribution in [0.1, 0.15) is 20.9 Å². The van der Waals surface area contributed by atoms with Gasteiger partial charge in [0.2, 0.25) is 0 Å². The zero-order valence-corrected chi connectivity index (χ0v) is 18.4. The first kappa shape index (κ1) is 22.2. The first-order valence-corrected chi connectivity index (χ1v) is 11.3. The molecule has 0 radical (unpaired) electrons. The molecule has 0 spiro atoms. The van der Waals surface area contributed by atoms with Gasteiger partial charge in [-0.05, 0) is 30.5 Å². The van der Waals surface area contributed by atoms with Crippen molar-refractivity contribution in [2.75, 3.05) is 31.1 Å². The molecule has 1 fully saturated rings. The van der Waals surface area contributed by atoms with E-state index >= 15 is 0 Å². The minimum absolute atomic E-state index is 0.115. The van der Waals surface area contributed by atoms with Crippen LogP contribution in [0.3, 0.4) is 0 Å². The van der Waals surface area contributed by atoms with Gasteiger partial charge in [-0.15, -0.1) is 11.3 Å². The molecular formula is C20H17F3N4O3S2. The van der Waals surface area contributed by atoms with E-state index in [-0.39, 0.29) is 24.7 Å². The molecule has 3 aromatic rings. The van der Waals surface area contributed by atoms with Gasteiger partial charge in [-0.2, -0.15) is 24.5 Å². The highest BCUT2D eigenvalue weighted by Gasteiger charge is 2.34. The van der Waals surface area contributed by atoms with E-state index in [0.29, 0.717) is 29.7 Å². The van der Waals surface area contributed by atoms with Crippen LogP contribution in [0, 0.1) is 17.0 Å². The first-order valence-electron chi connectivity index (χ1n) is 9.55. The van der Waals surface area contributed by atoms with E-state index in [2.05, 4.69) is 4.98 Å². The van der Waals surface area contributed by atoms with Gasteiger partial charge >= 0.3 is 6.18 Å². The number of aryl methyl sites for hydroxylation is 1. The van der Waals surface area contributed by atoms with Crippen molar-refractivity contribution < 1.29 is 22.9 Å². The first-order chi connectivity index (χ1) is 15.1. The number of anilines is 1. The number of rotatable bonds is 4. The average molecular weight is 483 g/mol. The van der Waals surface area contributed by atoms with E-state index in [1.807, 2.05) is 16.8 Å². The summed E-state index contributed by atoms with van der Waals surface area (Å²) in [5.74, 6) is -0.164. The fourth-order valence-electron chi connectivity index (χ4n) is 3.51. The summed E-state index contributed by atoms with van der Waals surface area (Å²) in [6.07, 6.45) is -4.66. The molecule has 2 aromatic heterocycles. The predicted octanol–water partition coefficient (Wildman–Crippen LogP) is 5.07. The van der Waals surface area contributed by atoms with E-state index in [0.717, 1.165) is 22.7 Å². The number of thiazole rings is 1. The van der Waals surface area contributed by atoms with Gasteiger partial charge in [-0.3, -0.25) is 14.9 Å². The molecule has 1 aliphatic heterocycles. The number of halogens is 3. The predicted molar refractivity (Wildman–Crippen MR) is 116 cm³/mol. The molecule has 32 heavy (non-hydrogen) atoms. The summed E-state index contributed by atoms with van der Waals surface area (Å²) >= 11 is 2.87. The van der Waals surface area contributed by atoms with Gasteiger partial charge in [-0.1, -0.05) is 0 Å². The largest absolute Gasteiger partial charge is 0.416 e. The van der Waals surface area contributed by atoms with Gasteiger partial charge in [0.25, 0.3) is 11.6 Å². The summed E-state index contributed by atoms with van der Waals surface area (Å²) in [7, 11) is 0. The second-order valence-electron chi connectivity index (χ2n) is 7.18. The third kappa shape index (κ3) is 4.32. The molecule has 4 rings (SSSR count). The highest BCUT2D eigenvalue weighted by atomic mass is 32.1. The molecule has 0 aliphatic carbocycles. The van der Waals surface area contributed by atoms with Crippen LogP contribution in [-0.4, -0.2) is 46.9 Å². The number of aromatic nitrogens is 1. The van der Waals surface area contributed by atoms with E-state index in [9.17, 15) is 28.1 Å². The maximum absolute atomic E-state index is 13.0. The number of nitrogens with zero attached hydrogens (tertiary/aromatic N) is 4. The minimum Gasteiger partial charge on any atom is -0.362 e. The number of nitro groups is 1. The normalized spacial score (nSPS) is 14.6. The number of hydrogen-bond donors (Lipinski definition) is 0. The third-order valence-corrected chi connectivity index (χ3v) is 7.04. The van der Waals surface area contributed by atoms with Crippen molar-refractivity contribution in [1.82, 2.24) is 9.88 Å². The zero-order valence-electron chi connectivity index (χ0n) is 16.8. The Morgan fingerprint density at radius 2 is 1.91 bits per heavy atom. The van der Waals surface area contributed by atoms with Crippen molar-refractivity contribution in [2.24, 2.45) is 0 Å².